The van der Waals surface area contributed by atoms with E-state index in [9.17, 15) is 9.59 Å². The lowest BCUT2D eigenvalue weighted by atomic mass is 10.2. The summed E-state index contributed by atoms with van der Waals surface area (Å²) < 4.78 is 6.68. The van der Waals surface area contributed by atoms with Gasteiger partial charge in [-0.2, -0.15) is 0 Å². The summed E-state index contributed by atoms with van der Waals surface area (Å²) in [6.45, 7) is 1.26. The number of para-hydroxylation sites is 1. The zero-order valence-electron chi connectivity index (χ0n) is 15.1. The number of aromatic nitrogens is 2. The molecule has 3 rings (SSSR count). The van der Waals surface area contributed by atoms with E-state index in [4.69, 9.17) is 4.74 Å². The Morgan fingerprint density at radius 3 is 2.67 bits per heavy atom. The number of nitrogens with one attached hydrogen (secondary N) is 1. The van der Waals surface area contributed by atoms with Crippen molar-refractivity contribution >= 4 is 28.6 Å². The highest BCUT2D eigenvalue weighted by atomic mass is 32.2. The largest absolute Gasteiger partial charge is 0.383 e. The molecule has 1 heterocycles. The first-order valence-electron chi connectivity index (χ1n) is 8.61. The third-order valence-electron chi connectivity index (χ3n) is 4.01. The van der Waals surface area contributed by atoms with Crippen LogP contribution in [0, 0.1) is 0 Å². The lowest BCUT2D eigenvalue weighted by Crippen LogP contribution is -2.27. The molecule has 6 nitrogen and oxygen atoms in total. The van der Waals surface area contributed by atoms with Crippen molar-refractivity contribution in [1.82, 2.24) is 14.9 Å². The highest BCUT2D eigenvalue weighted by molar-refractivity contribution is 7.99. The van der Waals surface area contributed by atoms with Gasteiger partial charge >= 0.3 is 0 Å². The molecule has 0 aliphatic heterocycles. The van der Waals surface area contributed by atoms with Gasteiger partial charge in [-0.05, 0) is 17.7 Å². The highest BCUT2D eigenvalue weighted by Gasteiger charge is 2.13. The van der Waals surface area contributed by atoms with Crippen LogP contribution in [0.5, 0.6) is 0 Å². The van der Waals surface area contributed by atoms with Gasteiger partial charge in [0.15, 0.2) is 5.16 Å². The Labute approximate surface area is 161 Å². The van der Waals surface area contributed by atoms with Crippen molar-refractivity contribution in [3.8, 4) is 0 Å². The van der Waals surface area contributed by atoms with Crippen LogP contribution >= 0.6 is 11.8 Å². The molecule has 1 aromatic heterocycles. The van der Waals surface area contributed by atoms with Crippen LogP contribution in [0.2, 0.25) is 0 Å². The van der Waals surface area contributed by atoms with Crippen LogP contribution in [-0.4, -0.2) is 34.9 Å². The summed E-state index contributed by atoms with van der Waals surface area (Å²) in [4.78, 5) is 29.5. The minimum atomic E-state index is -0.121. The molecule has 0 fully saturated rings. The number of nitrogens with zero attached hydrogens (tertiary/aromatic N) is 2. The first-order chi connectivity index (χ1) is 13.2. The summed E-state index contributed by atoms with van der Waals surface area (Å²) in [5.74, 6) is 0.0782. The molecule has 0 atom stereocenters. The summed E-state index contributed by atoms with van der Waals surface area (Å²) in [6, 6.07) is 16.9. The normalized spacial score (nSPS) is 10.9. The van der Waals surface area contributed by atoms with Crippen LogP contribution in [-0.2, 0) is 22.6 Å². The van der Waals surface area contributed by atoms with Gasteiger partial charge in [0.25, 0.3) is 5.56 Å². The van der Waals surface area contributed by atoms with Crippen LogP contribution in [0.4, 0.5) is 0 Å². The second kappa shape index (κ2) is 9.34. The average molecular weight is 383 g/mol. The number of hydrogen-bond donors (Lipinski definition) is 1. The Hall–Kier alpha value is -2.64. The number of ether oxygens (including phenoxy) is 1. The fourth-order valence-corrected chi connectivity index (χ4v) is 3.47. The Bertz CT molecular complexity index is 973. The molecule has 140 valence electrons. The Balaban J connectivity index is 1.73. The van der Waals surface area contributed by atoms with Gasteiger partial charge in [0.05, 0.1) is 29.8 Å². The first kappa shape index (κ1) is 19.1. The van der Waals surface area contributed by atoms with Crippen molar-refractivity contribution < 1.29 is 9.53 Å². The lowest BCUT2D eigenvalue weighted by molar-refractivity contribution is -0.118. The van der Waals surface area contributed by atoms with Crippen molar-refractivity contribution in [3.05, 3.63) is 70.5 Å². The zero-order valence-corrected chi connectivity index (χ0v) is 15.9. The number of fused-ring (bicyclic) bond motifs is 1. The number of benzene rings is 2. The summed E-state index contributed by atoms with van der Waals surface area (Å²) in [5, 5.41) is 3.96. The van der Waals surface area contributed by atoms with Gasteiger partial charge in [0.1, 0.15) is 0 Å². The maximum atomic E-state index is 12.8. The molecule has 0 bridgehead atoms. The molecule has 0 saturated carbocycles. The molecule has 3 aromatic rings. The fourth-order valence-electron chi connectivity index (χ4n) is 2.62. The summed E-state index contributed by atoms with van der Waals surface area (Å²) in [5.41, 5.74) is 1.55. The van der Waals surface area contributed by atoms with Crippen LogP contribution in [0.1, 0.15) is 5.56 Å². The summed E-state index contributed by atoms with van der Waals surface area (Å²) in [6.07, 6.45) is 0. The van der Waals surface area contributed by atoms with Crippen molar-refractivity contribution in [3.63, 3.8) is 0 Å². The molecule has 0 unspecified atom stereocenters. The van der Waals surface area contributed by atoms with Crippen molar-refractivity contribution in [1.29, 1.82) is 0 Å². The van der Waals surface area contributed by atoms with Gasteiger partial charge in [0, 0.05) is 13.7 Å². The maximum absolute atomic E-state index is 12.8. The maximum Gasteiger partial charge on any atom is 0.262 e. The second-order valence-corrected chi connectivity index (χ2v) is 6.85. The molecule has 1 amide bonds. The smallest absolute Gasteiger partial charge is 0.262 e. The molecule has 0 aliphatic carbocycles. The molecule has 0 radical (unpaired) electrons. The van der Waals surface area contributed by atoms with E-state index in [1.807, 2.05) is 42.5 Å². The van der Waals surface area contributed by atoms with Crippen molar-refractivity contribution in [2.75, 3.05) is 19.5 Å². The monoisotopic (exact) mass is 383 g/mol. The molecule has 7 heteroatoms. The SMILES string of the molecule is COCCn1c(SCC(=O)NCc2ccccc2)nc2ccccc2c1=O. The molecule has 0 saturated heterocycles. The topological polar surface area (TPSA) is 73.2 Å². The number of thioether (sulfide) groups is 1. The molecule has 0 spiro atoms. The van der Waals surface area contributed by atoms with E-state index >= 15 is 0 Å². The van der Waals surface area contributed by atoms with E-state index < -0.39 is 0 Å². The fraction of sp³-hybridized carbons (Fsp3) is 0.250. The quantitative estimate of drug-likeness (QED) is 0.478. The minimum absolute atomic E-state index is 0.107. The van der Waals surface area contributed by atoms with Gasteiger partial charge in [-0.15, -0.1) is 0 Å². The third-order valence-corrected chi connectivity index (χ3v) is 4.99. The molecule has 2 aromatic carbocycles. The summed E-state index contributed by atoms with van der Waals surface area (Å²) in [7, 11) is 1.59. The minimum Gasteiger partial charge on any atom is -0.383 e. The van der Waals surface area contributed by atoms with E-state index in [1.165, 1.54) is 11.8 Å². The van der Waals surface area contributed by atoms with E-state index in [2.05, 4.69) is 10.3 Å². The van der Waals surface area contributed by atoms with Gasteiger partial charge < -0.3 is 10.1 Å². The molecular weight excluding hydrogens is 362 g/mol. The van der Waals surface area contributed by atoms with Crippen LogP contribution in [0.25, 0.3) is 10.9 Å². The predicted octanol–water partition coefficient (Wildman–Crippen LogP) is 2.45. The highest BCUT2D eigenvalue weighted by Crippen LogP contribution is 2.17. The van der Waals surface area contributed by atoms with Crippen LogP contribution in [0.15, 0.2) is 64.5 Å². The number of carbonyl (C=O) groups is 1. The first-order valence-corrected chi connectivity index (χ1v) is 9.59. The Morgan fingerprint density at radius 1 is 1.15 bits per heavy atom. The van der Waals surface area contributed by atoms with Gasteiger partial charge in [-0.3, -0.25) is 14.2 Å². The zero-order chi connectivity index (χ0) is 19.1. The third kappa shape index (κ3) is 4.96. The van der Waals surface area contributed by atoms with E-state index in [1.54, 1.807) is 23.8 Å². The van der Waals surface area contributed by atoms with Gasteiger partial charge in [0.2, 0.25) is 5.91 Å². The number of carbonyl (C=O) groups excluding carboxylic acids is 1. The molecule has 1 N–H and O–H groups in total. The van der Waals surface area contributed by atoms with E-state index in [0.717, 1.165) is 5.56 Å². The number of amides is 1. The van der Waals surface area contributed by atoms with Crippen molar-refractivity contribution in [2.24, 2.45) is 0 Å². The number of hydrogen-bond acceptors (Lipinski definition) is 5. The van der Waals surface area contributed by atoms with Gasteiger partial charge in [-0.1, -0.05) is 54.2 Å². The Kier molecular flexibility index (Phi) is 6.62. The van der Waals surface area contributed by atoms with Crippen LogP contribution < -0.4 is 10.9 Å². The summed E-state index contributed by atoms with van der Waals surface area (Å²) >= 11 is 1.25. The molecular formula is C20H21N3O3S. The number of methoxy groups -OCH3 is 1. The van der Waals surface area contributed by atoms with Crippen molar-refractivity contribution in [2.45, 2.75) is 18.2 Å². The predicted molar refractivity (Wildman–Crippen MR) is 107 cm³/mol. The number of rotatable bonds is 8. The van der Waals surface area contributed by atoms with E-state index in [0.29, 0.717) is 35.8 Å². The lowest BCUT2D eigenvalue weighted by Gasteiger charge is -2.12. The molecule has 0 aliphatic rings. The Morgan fingerprint density at radius 2 is 1.89 bits per heavy atom. The van der Waals surface area contributed by atoms with Gasteiger partial charge in [-0.25, -0.2) is 4.98 Å². The standard InChI is InChI=1S/C20H21N3O3S/c1-26-12-11-23-19(25)16-9-5-6-10-17(16)22-20(23)27-14-18(24)21-13-15-7-3-2-4-8-15/h2-10H,11-14H2,1H3,(H,21,24). The second-order valence-electron chi connectivity index (χ2n) is 5.91. The van der Waals surface area contributed by atoms with Crippen LogP contribution in [0.3, 0.4) is 0 Å². The molecule has 27 heavy (non-hydrogen) atoms. The average Bonchev–Trinajstić information content (AvgIpc) is 2.71. The van der Waals surface area contributed by atoms with E-state index in [-0.39, 0.29) is 17.2 Å².